The fraction of sp³-hybridized carbons (Fsp3) is 0.533. The molecule has 1 amide bonds. The fourth-order valence-corrected chi connectivity index (χ4v) is 2.56. The zero-order chi connectivity index (χ0) is 14.0. The van der Waals surface area contributed by atoms with Gasteiger partial charge in [-0.05, 0) is 55.9 Å². The summed E-state index contributed by atoms with van der Waals surface area (Å²) in [5, 5.41) is 21.8. The van der Waals surface area contributed by atoms with E-state index in [1.807, 2.05) is 6.92 Å². The van der Waals surface area contributed by atoms with Gasteiger partial charge in [0, 0.05) is 11.6 Å². The first-order valence-corrected chi connectivity index (χ1v) is 6.79. The van der Waals surface area contributed by atoms with Crippen LogP contribution in [0.2, 0.25) is 0 Å². The van der Waals surface area contributed by atoms with Gasteiger partial charge in [0.2, 0.25) is 0 Å². The van der Waals surface area contributed by atoms with Crippen molar-refractivity contribution < 1.29 is 15.0 Å². The van der Waals surface area contributed by atoms with E-state index in [0.717, 1.165) is 19.3 Å². The number of hydrogen-bond donors (Lipinski definition) is 3. The molecule has 0 unspecified atom stereocenters. The number of hydrogen-bond acceptors (Lipinski definition) is 3. The zero-order valence-electron chi connectivity index (χ0n) is 11.4. The zero-order valence-corrected chi connectivity index (χ0v) is 11.4. The van der Waals surface area contributed by atoms with Gasteiger partial charge < -0.3 is 15.5 Å². The maximum Gasteiger partial charge on any atom is 0.251 e. The van der Waals surface area contributed by atoms with Crippen molar-refractivity contribution in [3.63, 3.8) is 0 Å². The minimum absolute atomic E-state index is 0.115. The van der Waals surface area contributed by atoms with Gasteiger partial charge in [-0.2, -0.15) is 0 Å². The minimum atomic E-state index is -0.202. The van der Waals surface area contributed by atoms with Crippen LogP contribution in [0.15, 0.2) is 18.2 Å². The third kappa shape index (κ3) is 3.07. The number of rotatable bonds is 4. The van der Waals surface area contributed by atoms with E-state index in [-0.39, 0.29) is 23.8 Å². The molecule has 104 valence electrons. The molecule has 0 radical (unpaired) electrons. The van der Waals surface area contributed by atoms with E-state index in [2.05, 4.69) is 5.32 Å². The molecule has 0 saturated heterocycles. The average molecular weight is 263 g/mol. The summed E-state index contributed by atoms with van der Waals surface area (Å²) in [4.78, 5) is 12.1. The third-order valence-electron chi connectivity index (χ3n) is 3.93. The molecule has 1 aromatic carbocycles. The van der Waals surface area contributed by atoms with E-state index < -0.39 is 0 Å². The first-order valence-electron chi connectivity index (χ1n) is 6.79. The van der Waals surface area contributed by atoms with Crippen molar-refractivity contribution in [2.75, 3.05) is 0 Å². The molecule has 0 aliphatic heterocycles. The predicted molar refractivity (Wildman–Crippen MR) is 73.1 cm³/mol. The summed E-state index contributed by atoms with van der Waals surface area (Å²) in [6.45, 7) is 3.81. The molecular formula is C15H21NO3. The number of aliphatic hydroxyl groups is 1. The highest BCUT2D eigenvalue weighted by Crippen LogP contribution is 2.31. The Hall–Kier alpha value is -1.55. The van der Waals surface area contributed by atoms with Crippen LogP contribution < -0.4 is 5.32 Å². The summed E-state index contributed by atoms with van der Waals surface area (Å²) in [5.41, 5.74) is 1.26. The lowest BCUT2D eigenvalue weighted by Gasteiger charge is -2.37. The molecule has 4 nitrogen and oxygen atoms in total. The fourth-order valence-electron chi connectivity index (χ4n) is 2.56. The number of carbonyl (C=O) groups excluding carboxylic acids is 1. The molecule has 1 saturated carbocycles. The number of carbonyl (C=O) groups is 1. The van der Waals surface area contributed by atoms with Gasteiger partial charge in [-0.15, -0.1) is 0 Å². The van der Waals surface area contributed by atoms with Crippen molar-refractivity contribution in [1.82, 2.24) is 5.32 Å². The van der Waals surface area contributed by atoms with Crippen LogP contribution in [0.3, 0.4) is 0 Å². The summed E-state index contributed by atoms with van der Waals surface area (Å²) in [6, 6.07) is 4.97. The molecule has 4 heteroatoms. The van der Waals surface area contributed by atoms with Crippen molar-refractivity contribution in [3.05, 3.63) is 29.3 Å². The molecule has 1 aliphatic carbocycles. The third-order valence-corrected chi connectivity index (χ3v) is 3.93. The summed E-state index contributed by atoms with van der Waals surface area (Å²) in [6.07, 6.45) is 2.20. The first kappa shape index (κ1) is 13.9. The molecule has 1 aliphatic rings. The molecule has 0 spiro atoms. The second-order valence-corrected chi connectivity index (χ2v) is 5.37. The molecule has 0 bridgehead atoms. The SMILES string of the molecule is CC[C@@H](NC(=O)c1ccc(O)c(C)c1)C1CC(O)C1. The van der Waals surface area contributed by atoms with E-state index >= 15 is 0 Å². The molecule has 2 rings (SSSR count). The van der Waals surface area contributed by atoms with Gasteiger partial charge >= 0.3 is 0 Å². The summed E-state index contributed by atoms with van der Waals surface area (Å²) < 4.78 is 0. The smallest absolute Gasteiger partial charge is 0.251 e. The number of phenols is 1. The van der Waals surface area contributed by atoms with Crippen molar-refractivity contribution in [2.24, 2.45) is 5.92 Å². The lowest BCUT2D eigenvalue weighted by atomic mass is 9.76. The van der Waals surface area contributed by atoms with Crippen LogP contribution in [-0.4, -0.2) is 28.3 Å². The van der Waals surface area contributed by atoms with Gasteiger partial charge in [-0.3, -0.25) is 4.79 Å². The quantitative estimate of drug-likeness (QED) is 0.778. The standard InChI is InChI=1S/C15H21NO3/c1-3-13(11-7-12(17)8-11)16-15(19)10-4-5-14(18)9(2)6-10/h4-6,11-13,17-18H,3,7-8H2,1-2H3,(H,16,19)/t11?,12?,13-/m1/s1. The van der Waals surface area contributed by atoms with Crippen LogP contribution >= 0.6 is 0 Å². The molecule has 1 aromatic rings. The Labute approximate surface area is 113 Å². The number of benzene rings is 1. The van der Waals surface area contributed by atoms with Gasteiger partial charge in [0.15, 0.2) is 0 Å². The number of nitrogens with one attached hydrogen (secondary N) is 1. The van der Waals surface area contributed by atoms with Crippen molar-refractivity contribution in [3.8, 4) is 5.75 Å². The van der Waals surface area contributed by atoms with E-state index in [9.17, 15) is 15.0 Å². The van der Waals surface area contributed by atoms with Crippen LogP contribution in [0.4, 0.5) is 0 Å². The van der Waals surface area contributed by atoms with Gasteiger partial charge in [-0.1, -0.05) is 6.92 Å². The Morgan fingerprint density at radius 2 is 2.16 bits per heavy atom. The van der Waals surface area contributed by atoms with Crippen LogP contribution in [-0.2, 0) is 0 Å². The highest BCUT2D eigenvalue weighted by Gasteiger charge is 2.33. The average Bonchev–Trinajstić information content (AvgIpc) is 2.35. The van der Waals surface area contributed by atoms with Crippen molar-refractivity contribution in [1.29, 1.82) is 0 Å². The number of amides is 1. The maximum atomic E-state index is 12.1. The van der Waals surface area contributed by atoms with Crippen LogP contribution in [0, 0.1) is 12.8 Å². The predicted octanol–water partition coefficient (Wildman–Crippen LogP) is 1.98. The molecule has 0 heterocycles. The largest absolute Gasteiger partial charge is 0.508 e. The number of aromatic hydroxyl groups is 1. The molecule has 1 fully saturated rings. The summed E-state index contributed by atoms with van der Waals surface area (Å²) in [7, 11) is 0. The van der Waals surface area contributed by atoms with Crippen LogP contribution in [0.1, 0.15) is 42.1 Å². The second kappa shape index (κ2) is 5.61. The minimum Gasteiger partial charge on any atom is -0.508 e. The molecule has 1 atom stereocenters. The Kier molecular flexibility index (Phi) is 4.10. The molecule has 19 heavy (non-hydrogen) atoms. The number of aryl methyl sites for hydroxylation is 1. The molecule has 3 N–H and O–H groups in total. The normalized spacial score (nSPS) is 23.5. The number of aliphatic hydroxyl groups excluding tert-OH is 1. The van der Waals surface area contributed by atoms with Crippen molar-refractivity contribution in [2.45, 2.75) is 45.3 Å². The Morgan fingerprint density at radius 3 is 2.68 bits per heavy atom. The molecular weight excluding hydrogens is 242 g/mol. The van der Waals surface area contributed by atoms with Gasteiger partial charge in [0.05, 0.1) is 6.10 Å². The lowest BCUT2D eigenvalue weighted by molar-refractivity contribution is 0.0232. The second-order valence-electron chi connectivity index (χ2n) is 5.37. The molecule has 0 aromatic heterocycles. The topological polar surface area (TPSA) is 69.6 Å². The number of phenolic OH excluding ortho intramolecular Hbond substituents is 1. The van der Waals surface area contributed by atoms with E-state index in [1.54, 1.807) is 19.1 Å². The lowest BCUT2D eigenvalue weighted by Crippen LogP contribution is -2.46. The highest BCUT2D eigenvalue weighted by atomic mass is 16.3. The van der Waals surface area contributed by atoms with Crippen LogP contribution in [0.5, 0.6) is 5.75 Å². The van der Waals surface area contributed by atoms with E-state index in [1.165, 1.54) is 6.07 Å². The Bertz CT molecular complexity index is 466. The highest BCUT2D eigenvalue weighted by molar-refractivity contribution is 5.94. The van der Waals surface area contributed by atoms with Gasteiger partial charge in [0.25, 0.3) is 5.91 Å². The summed E-state index contributed by atoms with van der Waals surface area (Å²) in [5.74, 6) is 0.462. The van der Waals surface area contributed by atoms with Crippen molar-refractivity contribution >= 4 is 5.91 Å². The van der Waals surface area contributed by atoms with E-state index in [4.69, 9.17) is 0 Å². The Balaban J connectivity index is 2.00. The Morgan fingerprint density at radius 1 is 1.47 bits per heavy atom. The van der Waals surface area contributed by atoms with Crippen LogP contribution in [0.25, 0.3) is 0 Å². The monoisotopic (exact) mass is 263 g/mol. The van der Waals surface area contributed by atoms with Gasteiger partial charge in [0.1, 0.15) is 5.75 Å². The first-order chi connectivity index (χ1) is 9.01. The van der Waals surface area contributed by atoms with E-state index in [0.29, 0.717) is 17.0 Å². The summed E-state index contributed by atoms with van der Waals surface area (Å²) >= 11 is 0. The maximum absolute atomic E-state index is 12.1. The van der Waals surface area contributed by atoms with Gasteiger partial charge in [-0.25, -0.2) is 0 Å².